The minimum absolute atomic E-state index is 0.631. The summed E-state index contributed by atoms with van der Waals surface area (Å²) in [4.78, 5) is 1.44. The summed E-state index contributed by atoms with van der Waals surface area (Å²) in [5.41, 5.74) is 1.46. The van der Waals surface area contributed by atoms with Gasteiger partial charge in [0, 0.05) is 21.2 Å². The van der Waals surface area contributed by atoms with Crippen molar-refractivity contribution in [3.8, 4) is 0 Å². The molecule has 1 aliphatic rings. The number of benzene rings is 1. The Hall–Kier alpha value is 0.01000. The zero-order valence-electron chi connectivity index (χ0n) is 7.51. The first-order valence-corrected chi connectivity index (χ1v) is 6.16. The summed E-state index contributed by atoms with van der Waals surface area (Å²) >= 11 is 5.45. The minimum Gasteiger partial charge on any atom is -0.316 e. The van der Waals surface area contributed by atoms with Crippen LogP contribution in [0.2, 0.25) is 0 Å². The van der Waals surface area contributed by atoms with Gasteiger partial charge in [-0.1, -0.05) is 15.9 Å². The molecule has 0 amide bonds. The Bertz CT molecular complexity index is 314. The summed E-state index contributed by atoms with van der Waals surface area (Å²) in [5, 5.41) is 3.33. The number of thioether (sulfide) groups is 1. The van der Waals surface area contributed by atoms with Gasteiger partial charge in [-0.3, -0.25) is 0 Å². The predicted octanol–water partition coefficient (Wildman–Crippen LogP) is 2.69. The molecule has 0 spiro atoms. The summed E-state index contributed by atoms with van der Waals surface area (Å²) in [5.74, 6) is 1.19. The first kappa shape index (κ1) is 9.56. The van der Waals surface area contributed by atoms with Gasteiger partial charge in [-0.25, -0.2) is 0 Å². The summed E-state index contributed by atoms with van der Waals surface area (Å²) in [6, 6.07) is 7.18. The van der Waals surface area contributed by atoms with E-state index in [2.05, 4.69) is 39.4 Å². The molecule has 1 unspecified atom stereocenters. The third kappa shape index (κ3) is 2.09. The highest BCUT2D eigenvalue weighted by atomic mass is 79.9. The van der Waals surface area contributed by atoms with Crippen molar-refractivity contribution in [3.05, 3.63) is 28.2 Å². The largest absolute Gasteiger partial charge is 0.316 e. The second kappa shape index (κ2) is 4.03. The third-order valence-corrected chi connectivity index (χ3v) is 4.11. The van der Waals surface area contributed by atoms with Crippen LogP contribution < -0.4 is 5.32 Å². The molecule has 1 N–H and O–H groups in total. The van der Waals surface area contributed by atoms with Crippen LogP contribution in [0.15, 0.2) is 27.6 Å². The van der Waals surface area contributed by atoms with Crippen LogP contribution in [0, 0.1) is 0 Å². The molecule has 0 aromatic heterocycles. The van der Waals surface area contributed by atoms with Gasteiger partial charge in [0.2, 0.25) is 0 Å². The van der Waals surface area contributed by atoms with E-state index in [1.807, 2.05) is 18.8 Å². The van der Waals surface area contributed by atoms with E-state index >= 15 is 0 Å². The molecule has 0 saturated carbocycles. The molecular formula is C10H12BrNS. The van der Waals surface area contributed by atoms with Crippen LogP contribution >= 0.6 is 27.7 Å². The zero-order valence-corrected chi connectivity index (χ0v) is 9.91. The average molecular weight is 258 g/mol. The van der Waals surface area contributed by atoms with E-state index in [0.29, 0.717) is 6.04 Å². The summed E-state index contributed by atoms with van der Waals surface area (Å²) in [7, 11) is 2.04. The predicted molar refractivity (Wildman–Crippen MR) is 61.4 cm³/mol. The number of hydrogen-bond donors (Lipinski definition) is 1. The SMILES string of the molecule is CNC1CSc2ccc(Br)cc2C1. The zero-order chi connectivity index (χ0) is 9.26. The molecule has 0 saturated heterocycles. The Kier molecular flexibility index (Phi) is 2.96. The van der Waals surface area contributed by atoms with Gasteiger partial charge in [-0.05, 0) is 37.2 Å². The fourth-order valence-electron chi connectivity index (χ4n) is 1.55. The Balaban J connectivity index is 2.27. The molecule has 1 aromatic rings. The maximum absolute atomic E-state index is 3.50. The van der Waals surface area contributed by atoms with E-state index in [1.54, 1.807) is 0 Å². The lowest BCUT2D eigenvalue weighted by molar-refractivity contribution is 0.604. The molecule has 2 rings (SSSR count). The van der Waals surface area contributed by atoms with E-state index in [1.165, 1.54) is 20.7 Å². The van der Waals surface area contributed by atoms with Crippen molar-refractivity contribution in [2.24, 2.45) is 0 Å². The van der Waals surface area contributed by atoms with Crippen molar-refractivity contribution < 1.29 is 0 Å². The standard InChI is InChI=1S/C10H12BrNS/c1-12-9-5-7-4-8(11)2-3-10(7)13-6-9/h2-4,9,12H,5-6H2,1H3. The molecule has 70 valence electrons. The maximum atomic E-state index is 3.50. The van der Waals surface area contributed by atoms with Crippen LogP contribution in [0.5, 0.6) is 0 Å². The third-order valence-electron chi connectivity index (χ3n) is 2.34. The first-order chi connectivity index (χ1) is 6.29. The molecule has 0 bridgehead atoms. The van der Waals surface area contributed by atoms with Crippen LogP contribution in [-0.4, -0.2) is 18.8 Å². The molecule has 1 aromatic carbocycles. The van der Waals surface area contributed by atoms with Crippen LogP contribution in [0.4, 0.5) is 0 Å². The van der Waals surface area contributed by atoms with Gasteiger partial charge in [0.05, 0.1) is 0 Å². The van der Waals surface area contributed by atoms with Gasteiger partial charge in [-0.2, -0.15) is 0 Å². The molecule has 1 nitrogen and oxygen atoms in total. The smallest absolute Gasteiger partial charge is 0.0199 e. The molecule has 1 heterocycles. The van der Waals surface area contributed by atoms with Crippen LogP contribution in [0.25, 0.3) is 0 Å². The maximum Gasteiger partial charge on any atom is 0.0199 e. The Morgan fingerprint density at radius 2 is 2.38 bits per heavy atom. The number of nitrogens with one attached hydrogen (secondary N) is 1. The highest BCUT2D eigenvalue weighted by Crippen LogP contribution is 2.31. The van der Waals surface area contributed by atoms with Crippen molar-refractivity contribution in [2.75, 3.05) is 12.8 Å². The van der Waals surface area contributed by atoms with E-state index < -0.39 is 0 Å². The minimum atomic E-state index is 0.631. The fraction of sp³-hybridized carbons (Fsp3) is 0.400. The van der Waals surface area contributed by atoms with Gasteiger partial charge in [0.25, 0.3) is 0 Å². The lowest BCUT2D eigenvalue weighted by atomic mass is 10.1. The van der Waals surface area contributed by atoms with Gasteiger partial charge < -0.3 is 5.32 Å². The lowest BCUT2D eigenvalue weighted by Crippen LogP contribution is -2.32. The first-order valence-electron chi connectivity index (χ1n) is 4.38. The van der Waals surface area contributed by atoms with Crippen molar-refractivity contribution in [1.29, 1.82) is 0 Å². The van der Waals surface area contributed by atoms with Crippen molar-refractivity contribution in [1.82, 2.24) is 5.32 Å². The van der Waals surface area contributed by atoms with Crippen molar-refractivity contribution in [2.45, 2.75) is 17.4 Å². The Labute approximate surface area is 91.4 Å². The summed E-state index contributed by atoms with van der Waals surface area (Å²) in [6.45, 7) is 0. The summed E-state index contributed by atoms with van der Waals surface area (Å²) < 4.78 is 1.18. The van der Waals surface area contributed by atoms with E-state index in [9.17, 15) is 0 Å². The van der Waals surface area contributed by atoms with Crippen LogP contribution in [-0.2, 0) is 6.42 Å². The highest BCUT2D eigenvalue weighted by molar-refractivity contribution is 9.10. The normalized spacial score (nSPS) is 21.2. The molecule has 13 heavy (non-hydrogen) atoms. The molecule has 0 fully saturated rings. The van der Waals surface area contributed by atoms with E-state index in [0.717, 1.165) is 6.42 Å². The lowest BCUT2D eigenvalue weighted by Gasteiger charge is -2.23. The highest BCUT2D eigenvalue weighted by Gasteiger charge is 2.17. The number of rotatable bonds is 1. The van der Waals surface area contributed by atoms with E-state index in [4.69, 9.17) is 0 Å². The number of halogens is 1. The second-order valence-electron chi connectivity index (χ2n) is 3.25. The molecule has 0 radical (unpaired) electrons. The molecule has 3 heteroatoms. The quantitative estimate of drug-likeness (QED) is 0.831. The van der Waals surface area contributed by atoms with Gasteiger partial charge in [-0.15, -0.1) is 11.8 Å². The fourth-order valence-corrected chi connectivity index (χ4v) is 3.11. The number of fused-ring (bicyclic) bond motifs is 1. The monoisotopic (exact) mass is 257 g/mol. The second-order valence-corrected chi connectivity index (χ2v) is 5.23. The van der Waals surface area contributed by atoms with Gasteiger partial charge in [0.15, 0.2) is 0 Å². The van der Waals surface area contributed by atoms with Crippen LogP contribution in [0.3, 0.4) is 0 Å². The molecule has 0 aliphatic carbocycles. The number of hydrogen-bond acceptors (Lipinski definition) is 2. The van der Waals surface area contributed by atoms with E-state index in [-0.39, 0.29) is 0 Å². The van der Waals surface area contributed by atoms with Gasteiger partial charge >= 0.3 is 0 Å². The molecule has 1 aliphatic heterocycles. The Morgan fingerprint density at radius 3 is 3.15 bits per heavy atom. The Morgan fingerprint density at radius 1 is 1.54 bits per heavy atom. The van der Waals surface area contributed by atoms with Crippen LogP contribution in [0.1, 0.15) is 5.56 Å². The molecular weight excluding hydrogens is 246 g/mol. The topological polar surface area (TPSA) is 12.0 Å². The van der Waals surface area contributed by atoms with Crippen molar-refractivity contribution >= 4 is 27.7 Å². The summed E-state index contributed by atoms with van der Waals surface area (Å²) in [6.07, 6.45) is 1.15. The average Bonchev–Trinajstić information content (AvgIpc) is 2.16. The van der Waals surface area contributed by atoms with Crippen molar-refractivity contribution in [3.63, 3.8) is 0 Å². The van der Waals surface area contributed by atoms with Gasteiger partial charge in [0.1, 0.15) is 0 Å². The molecule has 1 atom stereocenters. The number of likely N-dealkylation sites (N-methyl/N-ethyl adjacent to an activating group) is 1.